The molecule has 0 radical (unpaired) electrons. The fraction of sp³-hybridized carbons (Fsp3) is 0.188. The molecule has 4 nitrogen and oxygen atoms in total. The zero-order valence-electron chi connectivity index (χ0n) is 11.2. The summed E-state index contributed by atoms with van der Waals surface area (Å²) in [6, 6.07) is 11.2. The first-order valence-electron chi connectivity index (χ1n) is 6.53. The predicted molar refractivity (Wildman–Crippen MR) is 76.6 cm³/mol. The number of furan rings is 1. The summed E-state index contributed by atoms with van der Waals surface area (Å²) in [4.78, 5) is 14.1. The number of rotatable bonds is 2. The van der Waals surface area contributed by atoms with Gasteiger partial charge >= 0.3 is 0 Å². The minimum atomic E-state index is -0.0796. The van der Waals surface area contributed by atoms with Gasteiger partial charge in [0, 0.05) is 6.08 Å². The number of hydrogen-bond donors (Lipinski definition) is 0. The van der Waals surface area contributed by atoms with Crippen LogP contribution in [0.1, 0.15) is 12.7 Å². The van der Waals surface area contributed by atoms with E-state index in [1.54, 1.807) is 29.4 Å². The second-order valence-electron chi connectivity index (χ2n) is 4.69. The summed E-state index contributed by atoms with van der Waals surface area (Å²) in [5.41, 5.74) is 0.805. The van der Waals surface area contributed by atoms with E-state index < -0.39 is 0 Å². The van der Waals surface area contributed by atoms with Crippen molar-refractivity contribution in [1.29, 1.82) is 0 Å². The Balaban J connectivity index is 1.84. The summed E-state index contributed by atoms with van der Waals surface area (Å²) < 4.78 is 10.9. The number of benzene rings is 1. The molecule has 1 amide bonds. The monoisotopic (exact) mass is 269 g/mol. The molecule has 0 aliphatic carbocycles. The minimum absolute atomic E-state index is 0.0223. The predicted octanol–water partition coefficient (Wildman–Crippen LogP) is 3.11. The van der Waals surface area contributed by atoms with E-state index in [1.165, 1.54) is 6.08 Å². The van der Waals surface area contributed by atoms with Gasteiger partial charge in [-0.05, 0) is 37.3 Å². The van der Waals surface area contributed by atoms with E-state index in [1.807, 2.05) is 31.2 Å². The van der Waals surface area contributed by atoms with Crippen LogP contribution in [0.2, 0.25) is 0 Å². The summed E-state index contributed by atoms with van der Waals surface area (Å²) in [6.07, 6.45) is 4.75. The zero-order valence-corrected chi connectivity index (χ0v) is 11.2. The smallest absolute Gasteiger partial charge is 0.251 e. The molecule has 1 aliphatic heterocycles. The standard InChI is InChI=1S/C16H15NO3/c1-12-11-17(14-6-2-3-7-15(14)20-12)16(18)9-8-13-5-4-10-19-13/h2-10,12H,11H2,1H3/b9-8+. The van der Waals surface area contributed by atoms with Crippen LogP contribution in [0.5, 0.6) is 5.75 Å². The van der Waals surface area contributed by atoms with Crippen LogP contribution in [0.3, 0.4) is 0 Å². The molecule has 1 aliphatic rings. The largest absolute Gasteiger partial charge is 0.487 e. The van der Waals surface area contributed by atoms with E-state index in [0.29, 0.717) is 12.3 Å². The molecule has 3 rings (SSSR count). The average molecular weight is 269 g/mol. The van der Waals surface area contributed by atoms with Crippen molar-refractivity contribution in [3.8, 4) is 5.75 Å². The zero-order chi connectivity index (χ0) is 13.9. The lowest BCUT2D eigenvalue weighted by Gasteiger charge is -2.32. The number of fused-ring (bicyclic) bond motifs is 1. The molecule has 0 bridgehead atoms. The highest BCUT2D eigenvalue weighted by atomic mass is 16.5. The van der Waals surface area contributed by atoms with Crippen LogP contribution < -0.4 is 9.64 Å². The van der Waals surface area contributed by atoms with Crippen molar-refractivity contribution in [3.05, 3.63) is 54.5 Å². The molecule has 102 valence electrons. The molecule has 0 saturated carbocycles. The van der Waals surface area contributed by atoms with Crippen molar-refractivity contribution in [3.63, 3.8) is 0 Å². The highest BCUT2D eigenvalue weighted by Gasteiger charge is 2.25. The summed E-state index contributed by atoms with van der Waals surface area (Å²) in [5.74, 6) is 1.32. The molecule has 2 heterocycles. The maximum atomic E-state index is 12.3. The number of nitrogens with zero attached hydrogens (tertiary/aromatic N) is 1. The van der Waals surface area contributed by atoms with Crippen LogP contribution in [-0.2, 0) is 4.79 Å². The lowest BCUT2D eigenvalue weighted by atomic mass is 10.2. The topological polar surface area (TPSA) is 42.7 Å². The molecule has 20 heavy (non-hydrogen) atoms. The van der Waals surface area contributed by atoms with Crippen LogP contribution in [0.25, 0.3) is 6.08 Å². The Labute approximate surface area is 117 Å². The van der Waals surface area contributed by atoms with Crippen LogP contribution in [0.15, 0.2) is 53.2 Å². The Morgan fingerprint density at radius 1 is 1.30 bits per heavy atom. The van der Waals surface area contributed by atoms with E-state index in [9.17, 15) is 4.79 Å². The van der Waals surface area contributed by atoms with E-state index in [-0.39, 0.29) is 12.0 Å². The first kappa shape index (κ1) is 12.5. The molecule has 4 heteroatoms. The van der Waals surface area contributed by atoms with Gasteiger partial charge in [0.2, 0.25) is 0 Å². The second kappa shape index (κ2) is 5.25. The quantitative estimate of drug-likeness (QED) is 0.787. The van der Waals surface area contributed by atoms with Crippen LogP contribution in [0.4, 0.5) is 5.69 Å². The van der Waals surface area contributed by atoms with Gasteiger partial charge in [-0.25, -0.2) is 0 Å². The molecule has 1 atom stereocenters. The molecule has 0 fully saturated rings. The van der Waals surface area contributed by atoms with Crippen molar-refractivity contribution in [1.82, 2.24) is 0 Å². The number of amides is 1. The van der Waals surface area contributed by atoms with Crippen LogP contribution in [0, 0.1) is 0 Å². The van der Waals surface area contributed by atoms with Gasteiger partial charge in [0.05, 0.1) is 18.5 Å². The fourth-order valence-electron chi connectivity index (χ4n) is 2.23. The SMILES string of the molecule is CC1CN(C(=O)/C=C/c2ccco2)c2ccccc2O1. The van der Waals surface area contributed by atoms with Crippen molar-refractivity contribution in [2.75, 3.05) is 11.4 Å². The van der Waals surface area contributed by atoms with Gasteiger partial charge < -0.3 is 14.1 Å². The molecule has 1 unspecified atom stereocenters. The van der Waals surface area contributed by atoms with Gasteiger partial charge in [-0.15, -0.1) is 0 Å². The number of carbonyl (C=O) groups excluding carboxylic acids is 1. The molecular formula is C16H15NO3. The number of carbonyl (C=O) groups is 1. The molecule has 1 aromatic carbocycles. The molecule has 0 saturated heterocycles. The number of hydrogen-bond acceptors (Lipinski definition) is 3. The number of ether oxygens (including phenoxy) is 1. The van der Waals surface area contributed by atoms with Crippen molar-refractivity contribution in [2.45, 2.75) is 13.0 Å². The Hall–Kier alpha value is -2.49. The highest BCUT2D eigenvalue weighted by Crippen LogP contribution is 2.33. The number of anilines is 1. The Kier molecular flexibility index (Phi) is 3.29. The molecule has 2 aromatic rings. The fourth-order valence-corrected chi connectivity index (χ4v) is 2.23. The van der Waals surface area contributed by atoms with Gasteiger partial charge in [0.1, 0.15) is 17.6 Å². The maximum Gasteiger partial charge on any atom is 0.251 e. The Bertz CT molecular complexity index is 631. The van der Waals surface area contributed by atoms with Gasteiger partial charge in [-0.3, -0.25) is 4.79 Å². The van der Waals surface area contributed by atoms with Crippen molar-refractivity contribution < 1.29 is 13.9 Å². The molecule has 1 aromatic heterocycles. The first-order chi connectivity index (χ1) is 9.74. The summed E-state index contributed by atoms with van der Waals surface area (Å²) in [5, 5.41) is 0. The van der Waals surface area contributed by atoms with Crippen LogP contribution in [-0.4, -0.2) is 18.6 Å². The lowest BCUT2D eigenvalue weighted by Crippen LogP contribution is -2.41. The molecule has 0 spiro atoms. The Morgan fingerprint density at radius 3 is 2.95 bits per heavy atom. The van der Waals surface area contributed by atoms with Gasteiger partial charge in [-0.1, -0.05) is 12.1 Å². The lowest BCUT2D eigenvalue weighted by molar-refractivity contribution is -0.114. The van der Waals surface area contributed by atoms with Crippen LogP contribution >= 0.6 is 0 Å². The third-order valence-electron chi connectivity index (χ3n) is 3.12. The van der Waals surface area contributed by atoms with E-state index in [2.05, 4.69) is 0 Å². The summed E-state index contributed by atoms with van der Waals surface area (Å²) >= 11 is 0. The second-order valence-corrected chi connectivity index (χ2v) is 4.69. The highest BCUT2D eigenvalue weighted by molar-refractivity contribution is 6.04. The third kappa shape index (κ3) is 2.45. The normalized spacial score (nSPS) is 17.9. The van der Waals surface area contributed by atoms with Crippen molar-refractivity contribution in [2.24, 2.45) is 0 Å². The van der Waals surface area contributed by atoms with Gasteiger partial charge in [-0.2, -0.15) is 0 Å². The Morgan fingerprint density at radius 2 is 2.15 bits per heavy atom. The summed E-state index contributed by atoms with van der Waals surface area (Å²) in [7, 11) is 0. The first-order valence-corrected chi connectivity index (χ1v) is 6.53. The maximum absolute atomic E-state index is 12.3. The third-order valence-corrected chi connectivity index (χ3v) is 3.12. The van der Waals surface area contributed by atoms with E-state index >= 15 is 0 Å². The van der Waals surface area contributed by atoms with Crippen molar-refractivity contribution >= 4 is 17.7 Å². The average Bonchev–Trinajstić information content (AvgIpc) is 2.97. The number of para-hydroxylation sites is 2. The van der Waals surface area contributed by atoms with E-state index in [4.69, 9.17) is 9.15 Å². The summed E-state index contributed by atoms with van der Waals surface area (Å²) in [6.45, 7) is 2.49. The molecule has 0 N–H and O–H groups in total. The molecular weight excluding hydrogens is 254 g/mol. The minimum Gasteiger partial charge on any atom is -0.487 e. The van der Waals surface area contributed by atoms with Gasteiger partial charge in [0.25, 0.3) is 5.91 Å². The van der Waals surface area contributed by atoms with E-state index in [0.717, 1.165) is 11.4 Å². The van der Waals surface area contributed by atoms with Gasteiger partial charge in [0.15, 0.2) is 0 Å².